The molecule has 4 rings (SSSR count). The van der Waals surface area contributed by atoms with E-state index in [1.54, 1.807) is 10.3 Å². The van der Waals surface area contributed by atoms with E-state index >= 15 is 0 Å². The van der Waals surface area contributed by atoms with Gasteiger partial charge in [-0.1, -0.05) is 68.8 Å². The molecule has 3 aromatic rings. The molecule has 0 N–H and O–H groups in total. The summed E-state index contributed by atoms with van der Waals surface area (Å²) in [6.45, 7) is 7.58. The van der Waals surface area contributed by atoms with Crippen LogP contribution in [0, 0.1) is 10.7 Å². The number of hydrogen-bond donors (Lipinski definition) is 0. The predicted molar refractivity (Wildman–Crippen MR) is 114 cm³/mol. The van der Waals surface area contributed by atoms with E-state index in [0.717, 1.165) is 15.4 Å². The second-order valence-electron chi connectivity index (χ2n) is 6.95. The summed E-state index contributed by atoms with van der Waals surface area (Å²) < 4.78 is 1.00. The number of benzene rings is 2. The van der Waals surface area contributed by atoms with Crippen LogP contribution in [0.5, 0.6) is 0 Å². The highest BCUT2D eigenvalue weighted by Crippen LogP contribution is 2.52. The number of nitrogens with zero attached hydrogens (tertiary/aromatic N) is 1. The summed E-state index contributed by atoms with van der Waals surface area (Å²) in [6, 6.07) is 14.8. The molecule has 25 heavy (non-hydrogen) atoms. The highest BCUT2D eigenvalue weighted by molar-refractivity contribution is 7.80. The Morgan fingerprint density at radius 1 is 1.08 bits per heavy atom. The topological polar surface area (TPSA) is 3.24 Å². The van der Waals surface area contributed by atoms with Gasteiger partial charge in [-0.2, -0.15) is 0 Å². The molecule has 0 radical (unpaired) electrons. The molecule has 0 unspecified atom stereocenters. The monoisotopic (exact) mass is 403 g/mol. The van der Waals surface area contributed by atoms with Crippen LogP contribution in [0.25, 0.3) is 11.1 Å². The van der Waals surface area contributed by atoms with Crippen LogP contribution in [-0.2, 0) is 12.1 Å². The lowest BCUT2D eigenvalue weighted by atomic mass is 9.86. The van der Waals surface area contributed by atoms with Crippen molar-refractivity contribution in [3.8, 4) is 11.1 Å². The largest absolute Gasteiger partial charge is 0.357 e. The van der Waals surface area contributed by atoms with Crippen molar-refractivity contribution >= 4 is 50.2 Å². The average Bonchev–Trinajstić information content (AvgIpc) is 2.96. The van der Waals surface area contributed by atoms with Crippen molar-refractivity contribution in [1.29, 1.82) is 0 Å². The molecule has 1 aromatic heterocycles. The van der Waals surface area contributed by atoms with Gasteiger partial charge in [-0.15, -0.1) is 0 Å². The molecule has 2 heterocycles. The minimum absolute atomic E-state index is 0.103. The first-order chi connectivity index (χ1) is 11.9. The molecule has 2 aromatic carbocycles. The maximum Gasteiger partial charge on any atom is 0.110 e. The van der Waals surface area contributed by atoms with Gasteiger partial charge in [-0.25, -0.2) is 0 Å². The lowest BCUT2D eigenvalue weighted by Crippen LogP contribution is -2.43. The fourth-order valence-electron chi connectivity index (χ4n) is 3.45. The van der Waals surface area contributed by atoms with Crippen molar-refractivity contribution in [2.75, 3.05) is 4.90 Å². The van der Waals surface area contributed by atoms with Gasteiger partial charge < -0.3 is 4.90 Å². The van der Waals surface area contributed by atoms with Crippen LogP contribution in [0.1, 0.15) is 29.9 Å². The maximum absolute atomic E-state index is 6.06. The Kier molecular flexibility index (Phi) is 4.27. The van der Waals surface area contributed by atoms with Gasteiger partial charge in [0.05, 0.1) is 10.4 Å². The summed E-state index contributed by atoms with van der Waals surface area (Å²) >= 11 is 11.7. The van der Waals surface area contributed by atoms with Crippen molar-refractivity contribution in [3.05, 3.63) is 67.3 Å². The smallest absolute Gasteiger partial charge is 0.110 e. The molecule has 128 valence electrons. The molecular formula is C20H18ClNS3. The zero-order valence-corrected chi connectivity index (χ0v) is 17.5. The highest BCUT2D eigenvalue weighted by atomic mass is 35.5. The SMILES string of the molecule is Cc1ccc2c(c1)N(Cc1ccc(Cl)cc1)C(C)(C)c1ssc(=S)c1-2. The third-order valence-corrected chi connectivity index (χ3v) is 8.41. The van der Waals surface area contributed by atoms with E-state index in [1.807, 2.05) is 22.5 Å². The van der Waals surface area contributed by atoms with Gasteiger partial charge in [0.15, 0.2) is 0 Å². The first-order valence-corrected chi connectivity index (χ1v) is 11.1. The molecule has 0 atom stereocenters. The number of fused-ring (bicyclic) bond motifs is 3. The molecule has 1 nitrogen and oxygen atoms in total. The Hall–Kier alpha value is -1.20. The van der Waals surface area contributed by atoms with Crippen molar-refractivity contribution in [2.24, 2.45) is 0 Å². The van der Waals surface area contributed by atoms with Gasteiger partial charge in [0.25, 0.3) is 0 Å². The van der Waals surface area contributed by atoms with E-state index in [4.69, 9.17) is 23.8 Å². The minimum Gasteiger partial charge on any atom is -0.357 e. The predicted octanol–water partition coefficient (Wildman–Crippen LogP) is 7.42. The van der Waals surface area contributed by atoms with E-state index in [2.05, 4.69) is 56.0 Å². The maximum atomic E-state index is 6.06. The molecule has 0 saturated carbocycles. The Labute approximate surface area is 165 Å². The van der Waals surface area contributed by atoms with Crippen LogP contribution in [0.3, 0.4) is 0 Å². The lowest BCUT2D eigenvalue weighted by molar-refractivity contribution is 0.483. The van der Waals surface area contributed by atoms with E-state index in [0.29, 0.717) is 0 Å². The standard InChI is InChI=1S/C20H18ClNS3/c1-12-4-9-15-16(10-12)22(11-13-5-7-14(21)8-6-13)20(2,3)18-17(15)19(23)25-24-18/h4-10H,11H2,1-3H3. The summed E-state index contributed by atoms with van der Waals surface area (Å²) in [4.78, 5) is 3.87. The molecule has 0 fully saturated rings. The third kappa shape index (κ3) is 2.85. The number of aryl methyl sites for hydroxylation is 1. The van der Waals surface area contributed by atoms with Crippen LogP contribution >= 0.6 is 44.5 Å². The molecule has 0 bridgehead atoms. The van der Waals surface area contributed by atoms with Crippen LogP contribution < -0.4 is 4.90 Å². The molecule has 5 heteroatoms. The van der Waals surface area contributed by atoms with Gasteiger partial charge in [0.1, 0.15) is 3.82 Å². The van der Waals surface area contributed by atoms with Crippen LogP contribution in [0.2, 0.25) is 5.02 Å². The number of anilines is 1. The van der Waals surface area contributed by atoms with Gasteiger partial charge >= 0.3 is 0 Å². The van der Waals surface area contributed by atoms with Gasteiger partial charge in [-0.3, -0.25) is 0 Å². The van der Waals surface area contributed by atoms with Crippen molar-refractivity contribution in [3.63, 3.8) is 0 Å². The molecule has 0 spiro atoms. The summed E-state index contributed by atoms with van der Waals surface area (Å²) in [6.07, 6.45) is 0. The van der Waals surface area contributed by atoms with E-state index < -0.39 is 0 Å². The highest BCUT2D eigenvalue weighted by Gasteiger charge is 2.39. The number of hydrogen-bond acceptors (Lipinski definition) is 4. The summed E-state index contributed by atoms with van der Waals surface area (Å²) in [5, 5.41) is 0.774. The summed E-state index contributed by atoms with van der Waals surface area (Å²) in [5.41, 5.74) is 6.21. The Balaban J connectivity index is 1.90. The Bertz CT molecular complexity index is 999. The molecule has 0 saturated heterocycles. The van der Waals surface area contributed by atoms with Crippen LogP contribution in [0.4, 0.5) is 5.69 Å². The van der Waals surface area contributed by atoms with E-state index in [-0.39, 0.29) is 5.54 Å². The first-order valence-electron chi connectivity index (χ1n) is 8.14. The molecule has 1 aliphatic heterocycles. The fourth-order valence-corrected chi connectivity index (χ4v) is 6.88. The molecule has 1 aliphatic rings. The molecule has 0 aliphatic carbocycles. The fraction of sp³-hybridized carbons (Fsp3) is 0.250. The van der Waals surface area contributed by atoms with Crippen LogP contribution in [-0.4, -0.2) is 0 Å². The first kappa shape index (κ1) is 17.2. The van der Waals surface area contributed by atoms with E-state index in [9.17, 15) is 0 Å². The zero-order valence-electron chi connectivity index (χ0n) is 14.3. The van der Waals surface area contributed by atoms with E-state index in [1.165, 1.54) is 32.8 Å². The summed E-state index contributed by atoms with van der Waals surface area (Å²) in [5.74, 6) is 0. The Morgan fingerprint density at radius 3 is 2.52 bits per heavy atom. The number of halogens is 1. The Morgan fingerprint density at radius 2 is 1.80 bits per heavy atom. The molecular weight excluding hydrogens is 386 g/mol. The number of rotatable bonds is 2. The second-order valence-corrected chi connectivity index (χ2v) is 10.2. The van der Waals surface area contributed by atoms with Crippen LogP contribution in [0.15, 0.2) is 42.5 Å². The summed E-state index contributed by atoms with van der Waals surface area (Å²) in [7, 11) is 3.53. The third-order valence-electron chi connectivity index (χ3n) is 4.83. The van der Waals surface area contributed by atoms with Crippen molar-refractivity contribution in [1.82, 2.24) is 0 Å². The second kappa shape index (κ2) is 6.20. The average molecular weight is 404 g/mol. The quantitative estimate of drug-likeness (QED) is 0.323. The minimum atomic E-state index is -0.103. The van der Waals surface area contributed by atoms with Crippen molar-refractivity contribution < 1.29 is 0 Å². The van der Waals surface area contributed by atoms with Gasteiger partial charge in [0, 0.05) is 28.4 Å². The van der Waals surface area contributed by atoms with Gasteiger partial charge in [-0.05, 0) is 50.1 Å². The van der Waals surface area contributed by atoms with Crippen molar-refractivity contribution in [2.45, 2.75) is 32.9 Å². The van der Waals surface area contributed by atoms with Gasteiger partial charge in [0.2, 0.25) is 0 Å². The molecule has 0 amide bonds. The zero-order chi connectivity index (χ0) is 17.8. The lowest BCUT2D eigenvalue weighted by Gasteiger charge is -2.45. The normalized spacial score (nSPS) is 15.0.